The van der Waals surface area contributed by atoms with E-state index in [2.05, 4.69) is 10.6 Å². The second-order valence-corrected chi connectivity index (χ2v) is 5.06. The van der Waals surface area contributed by atoms with E-state index in [1.165, 1.54) is 0 Å². The van der Waals surface area contributed by atoms with Crippen molar-refractivity contribution in [2.75, 3.05) is 26.2 Å². The highest BCUT2D eigenvalue weighted by molar-refractivity contribution is 5.78. The molecule has 0 aromatic rings. The molecule has 1 amide bonds. The van der Waals surface area contributed by atoms with Crippen LogP contribution >= 0.6 is 0 Å². The first-order valence-electron chi connectivity index (χ1n) is 6.02. The summed E-state index contributed by atoms with van der Waals surface area (Å²) in [7, 11) is 0. The molecule has 96 valence electrons. The number of amides is 1. The summed E-state index contributed by atoms with van der Waals surface area (Å²) in [5.41, 5.74) is -0.0394. The fraction of sp³-hybridized carbons (Fsp3) is 0.917. The Morgan fingerprint density at radius 2 is 2.06 bits per heavy atom. The van der Waals surface area contributed by atoms with Gasteiger partial charge in [-0.25, -0.2) is 0 Å². The molecule has 0 radical (unpaired) electrons. The van der Waals surface area contributed by atoms with Crippen LogP contribution in [-0.2, 0) is 4.79 Å². The van der Waals surface area contributed by atoms with Gasteiger partial charge in [-0.2, -0.15) is 0 Å². The Labute approximate surface area is 98.8 Å². The highest BCUT2D eigenvalue weighted by atomic mass is 16.3. The summed E-state index contributed by atoms with van der Waals surface area (Å²) in [6.07, 6.45) is 0.703. The number of hydrogen-bond acceptors (Lipinski definition) is 3. The molecule has 1 atom stereocenters. The first-order chi connectivity index (χ1) is 7.43. The number of carbonyl (C=O) groups excluding carboxylic acids is 1. The van der Waals surface area contributed by atoms with Gasteiger partial charge in [0.15, 0.2) is 0 Å². The maximum atomic E-state index is 11.7. The lowest BCUT2D eigenvalue weighted by atomic mass is 9.89. The maximum Gasteiger partial charge on any atom is 0.224 e. The minimum Gasteiger partial charge on any atom is -0.396 e. The van der Waals surface area contributed by atoms with Gasteiger partial charge in [0.2, 0.25) is 5.91 Å². The molecule has 0 saturated heterocycles. The molecule has 4 nitrogen and oxygen atoms in total. The molecule has 0 rings (SSSR count). The van der Waals surface area contributed by atoms with Gasteiger partial charge < -0.3 is 15.7 Å². The van der Waals surface area contributed by atoms with Crippen molar-refractivity contribution in [3.05, 3.63) is 0 Å². The number of carbonyl (C=O) groups is 1. The van der Waals surface area contributed by atoms with E-state index in [4.69, 9.17) is 5.11 Å². The van der Waals surface area contributed by atoms with Crippen LogP contribution in [0.5, 0.6) is 0 Å². The van der Waals surface area contributed by atoms with E-state index >= 15 is 0 Å². The molecule has 0 spiro atoms. The van der Waals surface area contributed by atoms with Gasteiger partial charge in [0.1, 0.15) is 0 Å². The molecule has 1 unspecified atom stereocenters. The molecule has 16 heavy (non-hydrogen) atoms. The Kier molecular flexibility index (Phi) is 7.34. The summed E-state index contributed by atoms with van der Waals surface area (Å²) in [4.78, 5) is 11.7. The molecule has 0 heterocycles. The molecule has 0 bridgehead atoms. The van der Waals surface area contributed by atoms with Gasteiger partial charge in [-0.1, -0.05) is 27.7 Å². The minimum atomic E-state index is -0.0394. The van der Waals surface area contributed by atoms with E-state index in [9.17, 15) is 4.79 Å². The van der Waals surface area contributed by atoms with E-state index in [0.29, 0.717) is 19.5 Å². The SMILES string of the molecule is CCNCC(C)C(=O)NCC(C)(C)CCO. The summed E-state index contributed by atoms with van der Waals surface area (Å²) < 4.78 is 0. The van der Waals surface area contributed by atoms with Gasteiger partial charge in [0, 0.05) is 25.6 Å². The summed E-state index contributed by atoms with van der Waals surface area (Å²) in [6, 6.07) is 0. The molecule has 0 fully saturated rings. The molecule has 0 aliphatic rings. The third kappa shape index (κ3) is 6.80. The van der Waals surface area contributed by atoms with Crippen LogP contribution in [0, 0.1) is 11.3 Å². The van der Waals surface area contributed by atoms with Gasteiger partial charge in [-0.3, -0.25) is 4.79 Å². The molecule has 0 saturated carbocycles. The monoisotopic (exact) mass is 230 g/mol. The van der Waals surface area contributed by atoms with Crippen molar-refractivity contribution < 1.29 is 9.90 Å². The Bertz CT molecular complexity index is 205. The number of aliphatic hydroxyl groups is 1. The quantitative estimate of drug-likeness (QED) is 0.577. The Morgan fingerprint density at radius 1 is 1.44 bits per heavy atom. The predicted molar refractivity (Wildman–Crippen MR) is 66.2 cm³/mol. The van der Waals surface area contributed by atoms with Crippen LogP contribution in [0.15, 0.2) is 0 Å². The van der Waals surface area contributed by atoms with Gasteiger partial charge in [0.25, 0.3) is 0 Å². The fourth-order valence-corrected chi connectivity index (χ4v) is 1.35. The highest BCUT2D eigenvalue weighted by Gasteiger charge is 2.19. The van der Waals surface area contributed by atoms with E-state index in [0.717, 1.165) is 6.54 Å². The average Bonchev–Trinajstić information content (AvgIpc) is 2.22. The lowest BCUT2D eigenvalue weighted by Gasteiger charge is -2.24. The van der Waals surface area contributed by atoms with Crippen LogP contribution in [0.3, 0.4) is 0 Å². The summed E-state index contributed by atoms with van der Waals surface area (Å²) in [5.74, 6) is 0.0665. The number of aliphatic hydroxyl groups excluding tert-OH is 1. The summed E-state index contributed by atoms with van der Waals surface area (Å²) in [6.45, 7) is 10.4. The smallest absolute Gasteiger partial charge is 0.224 e. The molecule has 4 heteroatoms. The lowest BCUT2D eigenvalue weighted by Crippen LogP contribution is -2.40. The molecule has 0 aromatic heterocycles. The zero-order valence-corrected chi connectivity index (χ0v) is 11.0. The first-order valence-corrected chi connectivity index (χ1v) is 6.02. The number of rotatable bonds is 8. The lowest BCUT2D eigenvalue weighted by molar-refractivity contribution is -0.124. The molecular formula is C12H26N2O2. The van der Waals surface area contributed by atoms with Gasteiger partial charge in [-0.05, 0) is 18.4 Å². The normalized spacial score (nSPS) is 13.6. The zero-order valence-electron chi connectivity index (χ0n) is 11.0. The third-order valence-corrected chi connectivity index (χ3v) is 2.68. The molecule has 0 aliphatic heterocycles. The summed E-state index contributed by atoms with van der Waals surface area (Å²) in [5, 5.41) is 14.9. The fourth-order valence-electron chi connectivity index (χ4n) is 1.35. The van der Waals surface area contributed by atoms with Crippen molar-refractivity contribution in [1.29, 1.82) is 0 Å². The highest BCUT2D eigenvalue weighted by Crippen LogP contribution is 2.18. The van der Waals surface area contributed by atoms with E-state index in [1.54, 1.807) is 0 Å². The van der Waals surface area contributed by atoms with Crippen molar-refractivity contribution >= 4 is 5.91 Å². The van der Waals surface area contributed by atoms with E-state index < -0.39 is 0 Å². The van der Waals surface area contributed by atoms with Gasteiger partial charge >= 0.3 is 0 Å². The van der Waals surface area contributed by atoms with Crippen LogP contribution in [0.4, 0.5) is 0 Å². The van der Waals surface area contributed by atoms with Crippen molar-refractivity contribution in [2.24, 2.45) is 11.3 Å². The van der Waals surface area contributed by atoms with Crippen LogP contribution in [0.1, 0.15) is 34.1 Å². The van der Waals surface area contributed by atoms with Crippen molar-refractivity contribution in [2.45, 2.75) is 34.1 Å². The minimum absolute atomic E-state index is 0.00937. The Morgan fingerprint density at radius 3 is 2.56 bits per heavy atom. The first kappa shape index (κ1) is 15.4. The van der Waals surface area contributed by atoms with Crippen LogP contribution in [0.25, 0.3) is 0 Å². The number of hydrogen-bond donors (Lipinski definition) is 3. The zero-order chi connectivity index (χ0) is 12.6. The standard InChI is InChI=1S/C12H26N2O2/c1-5-13-8-10(2)11(16)14-9-12(3,4)6-7-15/h10,13,15H,5-9H2,1-4H3,(H,14,16). The van der Waals surface area contributed by atoms with Crippen molar-refractivity contribution in [1.82, 2.24) is 10.6 Å². The van der Waals surface area contributed by atoms with E-state index in [1.807, 2.05) is 27.7 Å². The second kappa shape index (κ2) is 7.63. The van der Waals surface area contributed by atoms with Crippen molar-refractivity contribution in [3.63, 3.8) is 0 Å². The van der Waals surface area contributed by atoms with Gasteiger partial charge in [0.05, 0.1) is 0 Å². The molecular weight excluding hydrogens is 204 g/mol. The predicted octanol–water partition coefficient (Wildman–Crippen LogP) is 0.757. The average molecular weight is 230 g/mol. The van der Waals surface area contributed by atoms with Gasteiger partial charge in [-0.15, -0.1) is 0 Å². The van der Waals surface area contributed by atoms with Crippen LogP contribution in [-0.4, -0.2) is 37.3 Å². The van der Waals surface area contributed by atoms with Crippen LogP contribution in [0.2, 0.25) is 0 Å². The van der Waals surface area contributed by atoms with Crippen LogP contribution < -0.4 is 10.6 Å². The topological polar surface area (TPSA) is 61.4 Å². The molecule has 3 N–H and O–H groups in total. The molecule has 0 aliphatic carbocycles. The number of nitrogens with one attached hydrogen (secondary N) is 2. The van der Waals surface area contributed by atoms with E-state index in [-0.39, 0.29) is 23.8 Å². The third-order valence-electron chi connectivity index (χ3n) is 2.68. The maximum absolute atomic E-state index is 11.7. The Hall–Kier alpha value is -0.610. The second-order valence-electron chi connectivity index (χ2n) is 5.06. The van der Waals surface area contributed by atoms with Crippen molar-refractivity contribution in [3.8, 4) is 0 Å². The molecule has 0 aromatic carbocycles. The Balaban J connectivity index is 3.87. The summed E-state index contributed by atoms with van der Waals surface area (Å²) >= 11 is 0. The largest absolute Gasteiger partial charge is 0.396 e.